The zero-order chi connectivity index (χ0) is 25.7. The smallest absolute Gasteiger partial charge is 0.293 e. The van der Waals surface area contributed by atoms with Crippen molar-refractivity contribution in [2.45, 2.75) is 25.8 Å². The lowest BCUT2D eigenvalue weighted by molar-refractivity contribution is -0.122. The van der Waals surface area contributed by atoms with E-state index in [-0.39, 0.29) is 23.8 Å². The number of pyridine rings is 1. The maximum Gasteiger partial charge on any atom is 0.293 e. The second kappa shape index (κ2) is 11.6. The number of hydrogen-bond donors (Lipinski definition) is 2. The molecule has 0 radical (unpaired) electrons. The molecule has 0 bridgehead atoms. The largest absolute Gasteiger partial charge is 0.478 e. The third-order valence-electron chi connectivity index (χ3n) is 6.10. The van der Waals surface area contributed by atoms with Crippen LogP contribution in [0.5, 0.6) is 5.75 Å². The fourth-order valence-corrected chi connectivity index (χ4v) is 4.25. The summed E-state index contributed by atoms with van der Waals surface area (Å²) >= 11 is 6.42. The van der Waals surface area contributed by atoms with Gasteiger partial charge >= 0.3 is 0 Å². The molecule has 3 aromatic rings. The molecule has 0 atom stereocenters. The van der Waals surface area contributed by atoms with Gasteiger partial charge in [0.1, 0.15) is 5.02 Å². The Kier molecular flexibility index (Phi) is 8.27. The van der Waals surface area contributed by atoms with Gasteiger partial charge in [-0.3, -0.25) is 9.59 Å². The van der Waals surface area contributed by atoms with E-state index in [0.29, 0.717) is 29.9 Å². The minimum atomic E-state index is -0.312. The summed E-state index contributed by atoms with van der Waals surface area (Å²) < 4.78 is 7.25. The Bertz CT molecular complexity index is 1290. The first-order valence-electron chi connectivity index (χ1n) is 12.1. The molecule has 0 saturated carbocycles. The van der Waals surface area contributed by atoms with Gasteiger partial charge in [0, 0.05) is 44.3 Å². The first-order valence-corrected chi connectivity index (χ1v) is 12.4. The Morgan fingerprint density at radius 1 is 1.19 bits per heavy atom. The minimum absolute atomic E-state index is 0.120. The van der Waals surface area contributed by atoms with Gasteiger partial charge in [0.2, 0.25) is 5.95 Å². The van der Waals surface area contributed by atoms with Crippen molar-refractivity contribution in [1.82, 2.24) is 24.8 Å². The zero-order valence-corrected chi connectivity index (χ0v) is 21.6. The summed E-state index contributed by atoms with van der Waals surface area (Å²) in [5.41, 5.74) is 1.24. The van der Waals surface area contributed by atoms with E-state index in [4.69, 9.17) is 16.3 Å². The quantitative estimate of drug-likeness (QED) is 0.450. The van der Waals surface area contributed by atoms with Crippen molar-refractivity contribution in [3.05, 3.63) is 45.8 Å². The number of hydrogen-bond acceptors (Lipinski definition) is 8. The molecule has 3 heterocycles. The van der Waals surface area contributed by atoms with Crippen LogP contribution in [0.15, 0.2) is 35.3 Å². The number of benzene rings is 1. The molecular weight excluding hydrogens is 482 g/mol. The maximum atomic E-state index is 13.1. The number of rotatable bonds is 9. The normalized spacial score (nSPS) is 13.8. The van der Waals surface area contributed by atoms with Gasteiger partial charge in [0.05, 0.1) is 11.7 Å². The highest BCUT2D eigenvalue weighted by Gasteiger charge is 2.17. The fraction of sp³-hybridized carbons (Fsp3) is 0.440. The van der Waals surface area contributed by atoms with Crippen molar-refractivity contribution < 1.29 is 9.53 Å². The van der Waals surface area contributed by atoms with Gasteiger partial charge < -0.3 is 29.7 Å². The molecule has 2 N–H and O–H groups in total. The highest BCUT2D eigenvalue weighted by molar-refractivity contribution is 6.32. The standard InChI is InChI=1S/C25H32ClN7O3/c1-27-22(34)16-36-21-14-17-13-18(7-8-20(17)33(24(21)35)12-11-31(2)3)29-23-19(26)15-28-25(30-23)32-9-5-4-6-10-32/h7-8,13-15H,4-6,9-12,16H2,1-3H3,(H,27,34)(H,28,29,30). The molecule has 0 unspecified atom stereocenters. The highest BCUT2D eigenvalue weighted by atomic mass is 35.5. The van der Waals surface area contributed by atoms with E-state index in [2.05, 4.69) is 25.5 Å². The number of halogens is 1. The topological polar surface area (TPSA) is 105 Å². The molecule has 1 aliphatic heterocycles. The first-order chi connectivity index (χ1) is 17.4. The average molecular weight is 514 g/mol. The summed E-state index contributed by atoms with van der Waals surface area (Å²) in [6, 6.07) is 7.35. The van der Waals surface area contributed by atoms with E-state index in [1.165, 1.54) is 13.5 Å². The van der Waals surface area contributed by atoms with Crippen LogP contribution in [0.3, 0.4) is 0 Å². The van der Waals surface area contributed by atoms with Crippen LogP contribution in [0.1, 0.15) is 19.3 Å². The number of nitrogens with one attached hydrogen (secondary N) is 2. The van der Waals surface area contributed by atoms with Gasteiger partial charge in [0.25, 0.3) is 11.5 Å². The second-order valence-electron chi connectivity index (χ2n) is 9.04. The third kappa shape index (κ3) is 6.06. The van der Waals surface area contributed by atoms with E-state index in [1.54, 1.807) is 16.8 Å². The summed E-state index contributed by atoms with van der Waals surface area (Å²) in [4.78, 5) is 38.1. The molecule has 10 nitrogen and oxygen atoms in total. The monoisotopic (exact) mass is 513 g/mol. The predicted octanol–water partition coefficient (Wildman–Crippen LogP) is 2.87. The summed E-state index contributed by atoms with van der Waals surface area (Å²) in [5, 5.41) is 7.00. The van der Waals surface area contributed by atoms with E-state index in [1.807, 2.05) is 37.2 Å². The fourth-order valence-electron chi connectivity index (χ4n) is 4.11. The Hall–Kier alpha value is -3.37. The number of amides is 1. The molecule has 1 aliphatic rings. The molecular formula is C25H32ClN7O3. The number of fused-ring (bicyclic) bond motifs is 1. The number of carbonyl (C=O) groups excluding carboxylic acids is 1. The first kappa shape index (κ1) is 25.7. The van der Waals surface area contributed by atoms with Crippen molar-refractivity contribution in [2.24, 2.45) is 0 Å². The van der Waals surface area contributed by atoms with Crippen LogP contribution in [0.4, 0.5) is 17.5 Å². The van der Waals surface area contributed by atoms with Crippen LogP contribution in [0.25, 0.3) is 10.9 Å². The summed E-state index contributed by atoms with van der Waals surface area (Å²) in [7, 11) is 5.42. The lowest BCUT2D eigenvalue weighted by atomic mass is 10.1. The van der Waals surface area contributed by atoms with Crippen LogP contribution in [0, 0.1) is 0 Å². The Labute approximate surface area is 215 Å². The number of aromatic nitrogens is 3. The molecule has 0 aliphatic carbocycles. The lowest BCUT2D eigenvalue weighted by Crippen LogP contribution is -2.31. The molecule has 4 rings (SSSR count). The minimum Gasteiger partial charge on any atom is -0.478 e. The summed E-state index contributed by atoms with van der Waals surface area (Å²) in [6.45, 7) is 2.77. The Balaban J connectivity index is 1.67. The summed E-state index contributed by atoms with van der Waals surface area (Å²) in [6.07, 6.45) is 5.09. The van der Waals surface area contributed by atoms with Gasteiger partial charge in [-0.15, -0.1) is 0 Å². The van der Waals surface area contributed by atoms with Gasteiger partial charge in [-0.1, -0.05) is 11.6 Å². The Morgan fingerprint density at radius 3 is 2.69 bits per heavy atom. The number of likely N-dealkylation sites (N-methyl/N-ethyl adjacent to an activating group) is 2. The van der Waals surface area contributed by atoms with E-state index >= 15 is 0 Å². The van der Waals surface area contributed by atoms with Crippen LogP contribution in [-0.2, 0) is 11.3 Å². The molecule has 1 fully saturated rings. The van der Waals surface area contributed by atoms with Gasteiger partial charge in [0.15, 0.2) is 18.2 Å². The van der Waals surface area contributed by atoms with Crippen LogP contribution < -0.4 is 25.8 Å². The molecule has 11 heteroatoms. The number of piperidine rings is 1. The molecule has 1 aromatic carbocycles. The van der Waals surface area contributed by atoms with Gasteiger partial charge in [-0.05, 0) is 57.6 Å². The van der Waals surface area contributed by atoms with Crippen molar-refractivity contribution in [1.29, 1.82) is 0 Å². The van der Waals surface area contributed by atoms with Crippen molar-refractivity contribution in [2.75, 3.05) is 57.6 Å². The molecule has 0 spiro atoms. The SMILES string of the molecule is CNC(=O)COc1cc2cc(Nc3nc(N4CCCCC4)ncc3Cl)ccc2n(CCN(C)C)c1=O. The molecule has 1 amide bonds. The van der Waals surface area contributed by atoms with E-state index in [9.17, 15) is 9.59 Å². The third-order valence-corrected chi connectivity index (χ3v) is 6.38. The van der Waals surface area contributed by atoms with E-state index < -0.39 is 0 Å². The zero-order valence-electron chi connectivity index (χ0n) is 20.9. The lowest BCUT2D eigenvalue weighted by Gasteiger charge is -2.26. The van der Waals surface area contributed by atoms with Gasteiger partial charge in [-0.2, -0.15) is 4.98 Å². The second-order valence-corrected chi connectivity index (χ2v) is 9.45. The molecule has 192 valence electrons. The van der Waals surface area contributed by atoms with E-state index in [0.717, 1.165) is 42.5 Å². The maximum absolute atomic E-state index is 13.1. The molecule has 36 heavy (non-hydrogen) atoms. The number of carbonyl (C=O) groups is 1. The number of nitrogens with zero attached hydrogens (tertiary/aromatic N) is 5. The van der Waals surface area contributed by atoms with Crippen molar-refractivity contribution in [3.63, 3.8) is 0 Å². The van der Waals surface area contributed by atoms with Crippen LogP contribution in [0.2, 0.25) is 5.02 Å². The Morgan fingerprint density at radius 2 is 1.97 bits per heavy atom. The van der Waals surface area contributed by atoms with Gasteiger partial charge in [-0.25, -0.2) is 4.98 Å². The molecule has 2 aromatic heterocycles. The van der Waals surface area contributed by atoms with Crippen LogP contribution >= 0.6 is 11.6 Å². The van der Waals surface area contributed by atoms with Crippen molar-refractivity contribution >= 4 is 45.9 Å². The average Bonchev–Trinajstić information content (AvgIpc) is 2.88. The number of ether oxygens (including phenoxy) is 1. The highest BCUT2D eigenvalue weighted by Crippen LogP contribution is 2.28. The number of anilines is 3. The predicted molar refractivity (Wildman–Crippen MR) is 143 cm³/mol. The molecule has 1 saturated heterocycles. The summed E-state index contributed by atoms with van der Waals surface area (Å²) in [5.74, 6) is 0.982. The van der Waals surface area contributed by atoms with Crippen LogP contribution in [-0.4, -0.2) is 72.7 Å². The van der Waals surface area contributed by atoms with Crippen molar-refractivity contribution in [3.8, 4) is 5.75 Å².